The van der Waals surface area contributed by atoms with E-state index in [4.69, 9.17) is 10.5 Å². The molecule has 0 aliphatic heterocycles. The lowest BCUT2D eigenvalue weighted by atomic mass is 10.2. The van der Waals surface area contributed by atoms with Gasteiger partial charge in [-0.15, -0.1) is 0 Å². The zero-order valence-electron chi connectivity index (χ0n) is 9.33. The Morgan fingerprint density at radius 1 is 1.53 bits per heavy atom. The van der Waals surface area contributed by atoms with Crippen LogP contribution in [0.1, 0.15) is 6.92 Å². The Labute approximate surface area is 89.6 Å². The van der Waals surface area contributed by atoms with Crippen LogP contribution in [0.3, 0.4) is 0 Å². The topological polar surface area (TPSA) is 38.5 Å². The van der Waals surface area contributed by atoms with Gasteiger partial charge in [0.1, 0.15) is 5.82 Å². The molecule has 0 saturated heterocycles. The minimum Gasteiger partial charge on any atom is -0.397 e. The van der Waals surface area contributed by atoms with Gasteiger partial charge in [0, 0.05) is 20.2 Å². The largest absolute Gasteiger partial charge is 0.397 e. The number of benzene rings is 1. The lowest BCUT2D eigenvalue weighted by Crippen LogP contribution is -2.33. The predicted molar refractivity (Wildman–Crippen MR) is 60.6 cm³/mol. The lowest BCUT2D eigenvalue weighted by molar-refractivity contribution is 0.183. The molecule has 0 bridgehead atoms. The lowest BCUT2D eigenvalue weighted by Gasteiger charge is -2.27. The molecule has 1 unspecified atom stereocenters. The Morgan fingerprint density at radius 2 is 2.20 bits per heavy atom. The van der Waals surface area contributed by atoms with Crippen LogP contribution in [0.5, 0.6) is 0 Å². The number of nitrogen functional groups attached to an aromatic ring is 1. The molecule has 1 aromatic carbocycles. The van der Waals surface area contributed by atoms with Crippen LogP contribution in [0.4, 0.5) is 15.8 Å². The molecule has 15 heavy (non-hydrogen) atoms. The van der Waals surface area contributed by atoms with Crippen LogP contribution in [-0.2, 0) is 4.74 Å². The van der Waals surface area contributed by atoms with Gasteiger partial charge in [0.15, 0.2) is 0 Å². The van der Waals surface area contributed by atoms with Crippen LogP contribution in [0.25, 0.3) is 0 Å². The molecule has 0 radical (unpaired) electrons. The van der Waals surface area contributed by atoms with E-state index in [0.717, 1.165) is 5.69 Å². The second-order valence-electron chi connectivity index (χ2n) is 3.62. The first kappa shape index (κ1) is 11.8. The van der Waals surface area contributed by atoms with Gasteiger partial charge in [-0.05, 0) is 25.1 Å². The molecule has 4 heteroatoms. The van der Waals surface area contributed by atoms with Crippen molar-refractivity contribution in [2.24, 2.45) is 0 Å². The number of ether oxygens (including phenoxy) is 1. The van der Waals surface area contributed by atoms with E-state index in [2.05, 4.69) is 0 Å². The van der Waals surface area contributed by atoms with Crippen molar-refractivity contribution in [3.05, 3.63) is 24.0 Å². The van der Waals surface area contributed by atoms with Gasteiger partial charge in [-0.2, -0.15) is 0 Å². The Morgan fingerprint density at radius 3 is 2.73 bits per heavy atom. The van der Waals surface area contributed by atoms with Crippen molar-refractivity contribution in [1.29, 1.82) is 0 Å². The zero-order chi connectivity index (χ0) is 11.4. The number of anilines is 2. The molecule has 2 N–H and O–H groups in total. The SMILES string of the molecule is COCC(C)N(C)c1ccc(F)cc1N. The summed E-state index contributed by atoms with van der Waals surface area (Å²) < 4.78 is 17.9. The third-order valence-electron chi connectivity index (χ3n) is 2.44. The van der Waals surface area contributed by atoms with Crippen molar-refractivity contribution >= 4 is 11.4 Å². The van der Waals surface area contributed by atoms with Gasteiger partial charge in [-0.1, -0.05) is 0 Å². The molecule has 1 rings (SSSR count). The van der Waals surface area contributed by atoms with E-state index in [9.17, 15) is 4.39 Å². The Bertz CT molecular complexity index is 330. The Hall–Kier alpha value is -1.29. The van der Waals surface area contributed by atoms with Crippen molar-refractivity contribution in [2.45, 2.75) is 13.0 Å². The summed E-state index contributed by atoms with van der Waals surface area (Å²) in [4.78, 5) is 1.97. The van der Waals surface area contributed by atoms with Crippen molar-refractivity contribution in [2.75, 3.05) is 31.4 Å². The number of halogens is 1. The molecular weight excluding hydrogens is 195 g/mol. The minimum absolute atomic E-state index is 0.197. The molecule has 84 valence electrons. The highest BCUT2D eigenvalue weighted by Crippen LogP contribution is 2.24. The van der Waals surface area contributed by atoms with Crippen LogP contribution in [0.2, 0.25) is 0 Å². The predicted octanol–water partition coefficient (Wildman–Crippen LogP) is 1.88. The molecule has 0 saturated carbocycles. The summed E-state index contributed by atoms with van der Waals surface area (Å²) in [6, 6.07) is 4.60. The molecule has 0 aliphatic carbocycles. The molecular formula is C11H17FN2O. The second-order valence-corrected chi connectivity index (χ2v) is 3.62. The van der Waals surface area contributed by atoms with Crippen molar-refractivity contribution in [3.8, 4) is 0 Å². The van der Waals surface area contributed by atoms with E-state index < -0.39 is 0 Å². The number of nitrogens with zero attached hydrogens (tertiary/aromatic N) is 1. The smallest absolute Gasteiger partial charge is 0.125 e. The number of nitrogens with two attached hydrogens (primary N) is 1. The van der Waals surface area contributed by atoms with Crippen molar-refractivity contribution in [1.82, 2.24) is 0 Å². The summed E-state index contributed by atoms with van der Waals surface area (Å²) >= 11 is 0. The average Bonchev–Trinajstić information content (AvgIpc) is 2.17. The Balaban J connectivity index is 2.86. The van der Waals surface area contributed by atoms with Gasteiger partial charge in [-0.25, -0.2) is 4.39 Å². The van der Waals surface area contributed by atoms with E-state index in [1.165, 1.54) is 12.1 Å². The maximum atomic E-state index is 12.8. The number of likely N-dealkylation sites (N-methyl/N-ethyl adjacent to an activating group) is 1. The molecule has 3 nitrogen and oxygen atoms in total. The molecule has 0 spiro atoms. The van der Waals surface area contributed by atoms with Gasteiger partial charge in [0.2, 0.25) is 0 Å². The first-order valence-electron chi connectivity index (χ1n) is 4.83. The first-order valence-corrected chi connectivity index (χ1v) is 4.83. The molecule has 0 aromatic heterocycles. The van der Waals surface area contributed by atoms with Crippen LogP contribution < -0.4 is 10.6 Å². The van der Waals surface area contributed by atoms with Gasteiger partial charge >= 0.3 is 0 Å². The van der Waals surface area contributed by atoms with Crippen LogP contribution >= 0.6 is 0 Å². The second kappa shape index (κ2) is 4.98. The third-order valence-corrected chi connectivity index (χ3v) is 2.44. The highest BCUT2D eigenvalue weighted by atomic mass is 19.1. The minimum atomic E-state index is -0.316. The maximum Gasteiger partial charge on any atom is 0.125 e. The summed E-state index contributed by atoms with van der Waals surface area (Å²) in [6.45, 7) is 2.62. The molecule has 0 fully saturated rings. The highest BCUT2D eigenvalue weighted by molar-refractivity contribution is 5.67. The quantitative estimate of drug-likeness (QED) is 0.774. The number of hydrogen-bond acceptors (Lipinski definition) is 3. The van der Waals surface area contributed by atoms with E-state index >= 15 is 0 Å². The normalized spacial score (nSPS) is 12.5. The highest BCUT2D eigenvalue weighted by Gasteiger charge is 2.12. The van der Waals surface area contributed by atoms with E-state index in [1.54, 1.807) is 13.2 Å². The fourth-order valence-electron chi connectivity index (χ4n) is 1.44. The van der Waals surface area contributed by atoms with Gasteiger partial charge < -0.3 is 15.4 Å². The summed E-state index contributed by atoms with van der Waals surface area (Å²) in [5.41, 5.74) is 7.00. The summed E-state index contributed by atoms with van der Waals surface area (Å²) in [6.07, 6.45) is 0. The van der Waals surface area contributed by atoms with Gasteiger partial charge in [-0.3, -0.25) is 0 Å². The number of rotatable bonds is 4. The van der Waals surface area contributed by atoms with Crippen LogP contribution in [-0.4, -0.2) is 26.8 Å². The monoisotopic (exact) mass is 212 g/mol. The molecule has 1 atom stereocenters. The van der Waals surface area contributed by atoms with E-state index in [1.807, 2.05) is 18.9 Å². The Kier molecular flexibility index (Phi) is 3.91. The first-order chi connectivity index (χ1) is 7.06. The summed E-state index contributed by atoms with van der Waals surface area (Å²) in [5.74, 6) is -0.316. The van der Waals surface area contributed by atoms with Gasteiger partial charge in [0.05, 0.1) is 18.0 Å². The third kappa shape index (κ3) is 2.83. The van der Waals surface area contributed by atoms with Crippen LogP contribution in [0, 0.1) is 5.82 Å². The van der Waals surface area contributed by atoms with Crippen molar-refractivity contribution in [3.63, 3.8) is 0 Å². The van der Waals surface area contributed by atoms with E-state index in [-0.39, 0.29) is 11.9 Å². The average molecular weight is 212 g/mol. The molecule has 0 heterocycles. The summed E-state index contributed by atoms with van der Waals surface area (Å²) in [7, 11) is 3.56. The zero-order valence-corrected chi connectivity index (χ0v) is 9.33. The van der Waals surface area contributed by atoms with Crippen molar-refractivity contribution < 1.29 is 9.13 Å². The van der Waals surface area contributed by atoms with Gasteiger partial charge in [0.25, 0.3) is 0 Å². The van der Waals surface area contributed by atoms with E-state index in [0.29, 0.717) is 12.3 Å². The van der Waals surface area contributed by atoms with Crippen LogP contribution in [0.15, 0.2) is 18.2 Å². The molecule has 0 aliphatic rings. The maximum absolute atomic E-state index is 12.8. The number of methoxy groups -OCH3 is 1. The molecule has 0 amide bonds. The summed E-state index contributed by atoms with van der Waals surface area (Å²) in [5, 5.41) is 0. The fraction of sp³-hybridized carbons (Fsp3) is 0.455. The fourth-order valence-corrected chi connectivity index (χ4v) is 1.44. The number of hydrogen-bond donors (Lipinski definition) is 1. The molecule has 1 aromatic rings. The standard InChI is InChI=1S/C11H17FN2O/c1-8(7-15-3)14(2)11-5-4-9(12)6-10(11)13/h4-6,8H,7,13H2,1-3H3.